The number of carbonyl (C=O) groups excluding carboxylic acids is 1. The van der Waals surface area contributed by atoms with Crippen molar-refractivity contribution in [3.63, 3.8) is 0 Å². The molecule has 4 heterocycles. The summed E-state index contributed by atoms with van der Waals surface area (Å²) in [5.74, 6) is -3.71. The van der Waals surface area contributed by atoms with E-state index in [9.17, 15) is 27.9 Å². The first-order valence-corrected chi connectivity index (χ1v) is 13.9. The van der Waals surface area contributed by atoms with Crippen LogP contribution in [0.2, 0.25) is 0 Å². The smallest absolute Gasteiger partial charge is 0.391 e. The Labute approximate surface area is 238 Å². The summed E-state index contributed by atoms with van der Waals surface area (Å²) < 4.78 is 48.3. The summed E-state index contributed by atoms with van der Waals surface area (Å²) in [5.41, 5.74) is 2.64. The minimum Gasteiger partial charge on any atom is -0.477 e. The summed E-state index contributed by atoms with van der Waals surface area (Å²) in [6.45, 7) is 0.775. The zero-order valence-electron chi connectivity index (χ0n) is 22.6. The van der Waals surface area contributed by atoms with Gasteiger partial charge in [0, 0.05) is 55.4 Å². The van der Waals surface area contributed by atoms with Crippen LogP contribution in [0.3, 0.4) is 0 Å². The summed E-state index contributed by atoms with van der Waals surface area (Å²) in [6.07, 6.45) is 1.41. The van der Waals surface area contributed by atoms with Crippen LogP contribution in [-0.2, 0) is 9.53 Å². The van der Waals surface area contributed by atoms with Crippen LogP contribution >= 0.6 is 0 Å². The highest BCUT2D eigenvalue weighted by Crippen LogP contribution is 2.41. The van der Waals surface area contributed by atoms with Gasteiger partial charge >= 0.3 is 12.1 Å². The van der Waals surface area contributed by atoms with Crippen LogP contribution in [-0.4, -0.2) is 66.8 Å². The van der Waals surface area contributed by atoms with E-state index in [1.54, 1.807) is 35.1 Å². The van der Waals surface area contributed by atoms with Gasteiger partial charge in [-0.15, -0.1) is 5.10 Å². The lowest BCUT2D eigenvalue weighted by molar-refractivity contribution is -0.184. The quantitative estimate of drug-likeness (QED) is 0.334. The largest absolute Gasteiger partial charge is 0.477 e. The van der Waals surface area contributed by atoms with Gasteiger partial charge in [-0.05, 0) is 56.7 Å². The van der Waals surface area contributed by atoms with E-state index in [4.69, 9.17) is 4.74 Å². The number of hydrogen-bond donors (Lipinski definition) is 1. The van der Waals surface area contributed by atoms with Crippen molar-refractivity contribution < 1.29 is 32.6 Å². The second-order valence-electron chi connectivity index (χ2n) is 10.8. The minimum atomic E-state index is -4.29. The fourth-order valence-corrected chi connectivity index (χ4v) is 5.85. The molecule has 0 spiro atoms. The van der Waals surface area contributed by atoms with Crippen molar-refractivity contribution in [1.82, 2.24) is 24.4 Å². The third-order valence-electron chi connectivity index (χ3n) is 8.15. The van der Waals surface area contributed by atoms with Crippen molar-refractivity contribution in [2.24, 2.45) is 11.8 Å². The molecule has 4 aromatic rings. The highest BCUT2D eigenvalue weighted by Gasteiger charge is 2.44. The average molecular weight is 583 g/mol. The number of benzene rings is 1. The van der Waals surface area contributed by atoms with Gasteiger partial charge in [0.25, 0.3) is 0 Å². The lowest BCUT2D eigenvalue weighted by Gasteiger charge is -2.37. The minimum absolute atomic E-state index is 0.00662. The third-order valence-corrected chi connectivity index (χ3v) is 8.15. The van der Waals surface area contributed by atoms with Crippen molar-refractivity contribution in [3.05, 3.63) is 60.6 Å². The summed E-state index contributed by atoms with van der Waals surface area (Å²) in [5, 5.41) is 19.2. The normalized spacial score (nSPS) is 20.1. The Kier molecular flexibility index (Phi) is 7.43. The van der Waals surface area contributed by atoms with Gasteiger partial charge in [-0.1, -0.05) is 12.1 Å². The average Bonchev–Trinajstić information content (AvgIpc) is 3.63. The molecular formula is C29H29F3N6O4. The van der Waals surface area contributed by atoms with E-state index in [2.05, 4.69) is 15.2 Å². The number of nitrogens with zero attached hydrogens (tertiary/aromatic N) is 6. The number of aromatic nitrogens is 5. The second kappa shape index (κ2) is 11.2. The number of carboxylic acids is 1. The molecule has 1 saturated carbocycles. The monoisotopic (exact) mass is 582 g/mol. The molecule has 1 amide bonds. The third kappa shape index (κ3) is 5.48. The zero-order valence-corrected chi connectivity index (χ0v) is 22.6. The highest BCUT2D eigenvalue weighted by molar-refractivity contribution is 6.02. The number of fused-ring (bicyclic) bond motifs is 1. The maximum absolute atomic E-state index is 13.9. The van der Waals surface area contributed by atoms with Gasteiger partial charge in [-0.25, -0.2) is 19.0 Å². The number of hydrogen-bond acceptors (Lipinski definition) is 6. The van der Waals surface area contributed by atoms with Crippen LogP contribution < -0.4 is 4.90 Å². The van der Waals surface area contributed by atoms with E-state index in [1.807, 2.05) is 18.2 Å². The van der Waals surface area contributed by atoms with Crippen LogP contribution in [0.4, 0.5) is 19.0 Å². The number of ether oxygens (including phenoxy) is 1. The topological polar surface area (TPSA) is 115 Å². The van der Waals surface area contributed by atoms with Gasteiger partial charge in [0.15, 0.2) is 11.5 Å². The molecule has 2 aliphatic rings. The molecule has 0 unspecified atom stereocenters. The highest BCUT2D eigenvalue weighted by atomic mass is 19.4. The molecule has 6 rings (SSSR count). The molecule has 10 nitrogen and oxygen atoms in total. The molecule has 0 atom stereocenters. The fourth-order valence-electron chi connectivity index (χ4n) is 5.85. The summed E-state index contributed by atoms with van der Waals surface area (Å²) >= 11 is 0. The van der Waals surface area contributed by atoms with Crippen molar-refractivity contribution in [2.75, 3.05) is 18.1 Å². The molecule has 1 aliphatic heterocycles. The number of anilines is 1. The van der Waals surface area contributed by atoms with Crippen molar-refractivity contribution >= 4 is 23.3 Å². The standard InChI is InChI=1S/C29H29F3N6O4/c30-29(31,32)20-6-2-19(3-7-20)27(39)38(22-10-14-42-15-11-22)26-23(28(40)41)17-37(35-26)21-8-4-18(5-9-21)24-16-25-33-12-1-13-36(25)34-24/h1,4-5,8-9,12-13,16-17,19-20,22H,2-3,6-7,10-11,14-15H2,(H,40,41)/t19-,20-. The van der Waals surface area contributed by atoms with Gasteiger partial charge in [-0.2, -0.15) is 18.3 Å². The van der Waals surface area contributed by atoms with Gasteiger partial charge in [0.05, 0.1) is 17.3 Å². The maximum atomic E-state index is 13.9. The molecule has 2 fully saturated rings. The Morgan fingerprint density at radius 1 is 1.00 bits per heavy atom. The molecule has 13 heteroatoms. The lowest BCUT2D eigenvalue weighted by Crippen LogP contribution is -2.48. The molecule has 220 valence electrons. The second-order valence-corrected chi connectivity index (χ2v) is 10.8. The number of carboxylic acid groups (broad SMARTS) is 1. The van der Waals surface area contributed by atoms with Crippen LogP contribution in [0.1, 0.15) is 48.9 Å². The maximum Gasteiger partial charge on any atom is 0.391 e. The van der Waals surface area contributed by atoms with Crippen LogP contribution in [0.15, 0.2) is 55.0 Å². The molecule has 1 aliphatic carbocycles. The number of aromatic carboxylic acids is 1. The Morgan fingerprint density at radius 3 is 2.36 bits per heavy atom. The van der Waals surface area contributed by atoms with E-state index >= 15 is 0 Å². The Balaban J connectivity index is 1.31. The van der Waals surface area contributed by atoms with Gasteiger partial charge in [0.1, 0.15) is 5.56 Å². The Morgan fingerprint density at radius 2 is 1.71 bits per heavy atom. The Bertz CT molecular complexity index is 1550. The van der Waals surface area contributed by atoms with Crippen LogP contribution in [0.5, 0.6) is 0 Å². The molecule has 0 bridgehead atoms. The van der Waals surface area contributed by atoms with Crippen molar-refractivity contribution in [3.8, 4) is 16.9 Å². The van der Waals surface area contributed by atoms with Crippen LogP contribution in [0, 0.1) is 11.8 Å². The predicted octanol–water partition coefficient (Wildman–Crippen LogP) is 5.16. The number of carbonyl (C=O) groups is 2. The first-order valence-electron chi connectivity index (χ1n) is 13.9. The summed E-state index contributed by atoms with van der Waals surface area (Å²) in [7, 11) is 0. The molecule has 1 saturated heterocycles. The van der Waals surface area contributed by atoms with E-state index in [-0.39, 0.29) is 49.0 Å². The van der Waals surface area contributed by atoms with Crippen LogP contribution in [0.25, 0.3) is 22.6 Å². The molecule has 42 heavy (non-hydrogen) atoms. The number of halogens is 3. The number of amides is 1. The lowest BCUT2D eigenvalue weighted by atomic mass is 9.80. The molecule has 0 radical (unpaired) electrons. The zero-order chi connectivity index (χ0) is 29.4. The van der Waals surface area contributed by atoms with Gasteiger partial charge < -0.3 is 9.84 Å². The van der Waals surface area contributed by atoms with E-state index in [1.165, 1.54) is 15.8 Å². The van der Waals surface area contributed by atoms with Crippen molar-refractivity contribution in [1.29, 1.82) is 0 Å². The SMILES string of the molecule is O=C(O)c1cn(-c2ccc(-c3cc4ncccn4n3)cc2)nc1N(C(=O)[C@H]1CC[C@H](C(F)(F)F)CC1)C1CCOCC1. The molecular weight excluding hydrogens is 553 g/mol. The Hall–Kier alpha value is -4.26. The number of alkyl halides is 3. The fraction of sp³-hybridized carbons (Fsp3) is 0.414. The summed E-state index contributed by atoms with van der Waals surface area (Å²) in [4.78, 5) is 32.0. The van der Waals surface area contributed by atoms with E-state index in [0.717, 1.165) is 5.56 Å². The number of rotatable bonds is 6. The van der Waals surface area contributed by atoms with Gasteiger partial charge in [0.2, 0.25) is 5.91 Å². The van der Waals surface area contributed by atoms with Gasteiger partial charge in [-0.3, -0.25) is 9.69 Å². The predicted molar refractivity (Wildman–Crippen MR) is 145 cm³/mol. The summed E-state index contributed by atoms with van der Waals surface area (Å²) in [6, 6.07) is 10.5. The van der Waals surface area contributed by atoms with Crippen molar-refractivity contribution in [2.45, 2.75) is 50.7 Å². The first-order chi connectivity index (χ1) is 20.2. The first kappa shape index (κ1) is 27.9. The molecule has 1 N–H and O–H groups in total. The molecule has 3 aromatic heterocycles. The van der Waals surface area contributed by atoms with E-state index in [0.29, 0.717) is 43.1 Å². The van der Waals surface area contributed by atoms with E-state index < -0.39 is 24.0 Å². The molecule has 1 aromatic carbocycles.